The van der Waals surface area contributed by atoms with Gasteiger partial charge in [-0.3, -0.25) is 4.79 Å². The van der Waals surface area contributed by atoms with Gasteiger partial charge in [-0.2, -0.15) is 0 Å². The molecule has 0 aliphatic rings. The first kappa shape index (κ1) is 27.7. The number of hydrogen-bond acceptors (Lipinski definition) is 4. The number of rotatable bonds is 17. The van der Waals surface area contributed by atoms with E-state index in [1.54, 1.807) is 20.8 Å². The quantitative estimate of drug-likeness (QED) is 0.207. The summed E-state index contributed by atoms with van der Waals surface area (Å²) in [6, 6.07) is 0. The summed E-state index contributed by atoms with van der Waals surface area (Å²) in [4.78, 5) is 23.9. The summed E-state index contributed by atoms with van der Waals surface area (Å²) in [6.45, 7) is 9.69. The lowest BCUT2D eigenvalue weighted by molar-refractivity contribution is -0.148. The second-order valence-corrected chi connectivity index (χ2v) is 9.08. The maximum Gasteiger partial charge on any atom is 0.408 e. The molecule has 0 saturated heterocycles. The van der Waals surface area contributed by atoms with Crippen LogP contribution in [0.2, 0.25) is 0 Å². The maximum absolute atomic E-state index is 12.2. The fraction of sp³-hybridized carbons (Fsp3) is 0.917. The second-order valence-electron chi connectivity index (χ2n) is 9.08. The second kappa shape index (κ2) is 17.6. The summed E-state index contributed by atoms with van der Waals surface area (Å²) in [5.41, 5.74) is -0.577. The lowest BCUT2D eigenvalue weighted by Crippen LogP contribution is -2.37. The molecule has 0 radical (unpaired) electrons. The lowest BCUT2D eigenvalue weighted by atomic mass is 10.0. The Morgan fingerprint density at radius 3 is 1.66 bits per heavy atom. The van der Waals surface area contributed by atoms with Crippen LogP contribution in [-0.2, 0) is 14.3 Å². The van der Waals surface area contributed by atoms with E-state index >= 15 is 0 Å². The van der Waals surface area contributed by atoms with Crippen LogP contribution in [-0.4, -0.2) is 30.3 Å². The Morgan fingerprint density at radius 1 is 0.759 bits per heavy atom. The third-order valence-electron chi connectivity index (χ3n) is 4.83. The molecule has 1 amide bonds. The summed E-state index contributed by atoms with van der Waals surface area (Å²) >= 11 is 0. The van der Waals surface area contributed by atoms with Crippen LogP contribution in [0.3, 0.4) is 0 Å². The summed E-state index contributed by atoms with van der Waals surface area (Å²) in [7, 11) is 0. The maximum atomic E-state index is 12.2. The lowest BCUT2D eigenvalue weighted by Gasteiger charge is -2.21. The Hall–Kier alpha value is -1.26. The molecule has 0 aliphatic carbocycles. The van der Waals surface area contributed by atoms with E-state index in [9.17, 15) is 9.59 Å². The van der Waals surface area contributed by atoms with E-state index in [2.05, 4.69) is 19.2 Å². The van der Waals surface area contributed by atoms with Crippen LogP contribution in [0, 0.1) is 0 Å². The molecule has 0 spiro atoms. The molecule has 29 heavy (non-hydrogen) atoms. The number of esters is 1. The zero-order chi connectivity index (χ0) is 22.0. The number of carbonyl (C=O) groups is 2. The molecule has 0 aromatic rings. The fourth-order valence-corrected chi connectivity index (χ4v) is 3.25. The van der Waals surface area contributed by atoms with Gasteiger partial charge in [0.05, 0.1) is 0 Å². The van der Waals surface area contributed by atoms with Crippen LogP contribution in [0.4, 0.5) is 4.79 Å². The van der Waals surface area contributed by atoms with Gasteiger partial charge in [0.1, 0.15) is 18.2 Å². The molecule has 0 bridgehead atoms. The van der Waals surface area contributed by atoms with Crippen molar-refractivity contribution in [2.75, 3.05) is 6.54 Å². The number of nitrogens with one attached hydrogen (secondary N) is 1. The van der Waals surface area contributed by atoms with Gasteiger partial charge >= 0.3 is 12.1 Å². The van der Waals surface area contributed by atoms with Crippen molar-refractivity contribution in [1.29, 1.82) is 0 Å². The molecule has 0 saturated carbocycles. The highest BCUT2D eigenvalue weighted by molar-refractivity contribution is 5.78. The van der Waals surface area contributed by atoms with Crippen LogP contribution in [0.5, 0.6) is 0 Å². The van der Waals surface area contributed by atoms with E-state index in [0.29, 0.717) is 0 Å². The third-order valence-corrected chi connectivity index (χ3v) is 4.83. The monoisotopic (exact) mass is 413 g/mol. The predicted molar refractivity (Wildman–Crippen MR) is 120 cm³/mol. The van der Waals surface area contributed by atoms with Gasteiger partial charge in [0.2, 0.25) is 0 Å². The van der Waals surface area contributed by atoms with Gasteiger partial charge in [0, 0.05) is 0 Å². The van der Waals surface area contributed by atoms with Crippen molar-refractivity contribution in [1.82, 2.24) is 5.32 Å². The normalized spacial score (nSPS) is 11.5. The van der Waals surface area contributed by atoms with Gasteiger partial charge < -0.3 is 14.8 Å². The Bertz CT molecular complexity index is 402. The molecule has 0 atom stereocenters. The summed E-state index contributed by atoms with van der Waals surface area (Å²) in [6.07, 6.45) is 16.0. The Kier molecular flexibility index (Phi) is 16.8. The molecule has 5 nitrogen and oxygen atoms in total. The van der Waals surface area contributed by atoms with E-state index in [-0.39, 0.29) is 18.6 Å². The number of amides is 1. The van der Waals surface area contributed by atoms with Crippen molar-refractivity contribution in [3.63, 3.8) is 0 Å². The topological polar surface area (TPSA) is 64.6 Å². The molecule has 0 aromatic carbocycles. The Balaban J connectivity index is 4.24. The molecule has 5 heteroatoms. The first-order chi connectivity index (χ1) is 13.8. The number of unbranched alkanes of at least 4 members (excludes halogenated alkanes) is 10. The molecule has 0 aliphatic heterocycles. The zero-order valence-corrected chi connectivity index (χ0v) is 19.8. The molecule has 0 aromatic heterocycles. The van der Waals surface area contributed by atoms with Gasteiger partial charge in [0.15, 0.2) is 0 Å². The Labute approximate surface area is 179 Å². The SMILES string of the molecule is CCCCCCCCC(CCCCCCCC)OC(=O)CNC(=O)OC(C)(C)C. The van der Waals surface area contributed by atoms with Crippen molar-refractivity contribution in [2.24, 2.45) is 0 Å². The van der Waals surface area contributed by atoms with Gasteiger partial charge in [-0.25, -0.2) is 4.79 Å². The predicted octanol–water partition coefficient (Wildman–Crippen LogP) is 6.92. The van der Waals surface area contributed by atoms with Crippen molar-refractivity contribution in [3.05, 3.63) is 0 Å². The molecule has 0 rings (SSSR count). The minimum Gasteiger partial charge on any atom is -0.461 e. The molecular formula is C24H47NO4. The van der Waals surface area contributed by atoms with Crippen LogP contribution < -0.4 is 5.32 Å². The molecule has 0 unspecified atom stereocenters. The highest BCUT2D eigenvalue weighted by atomic mass is 16.6. The minimum atomic E-state index is -0.585. The number of hydrogen-bond donors (Lipinski definition) is 1. The van der Waals surface area contributed by atoms with Crippen molar-refractivity contribution < 1.29 is 19.1 Å². The van der Waals surface area contributed by atoms with Crippen molar-refractivity contribution in [3.8, 4) is 0 Å². The van der Waals surface area contributed by atoms with Crippen molar-refractivity contribution >= 4 is 12.1 Å². The smallest absolute Gasteiger partial charge is 0.408 e. The fourth-order valence-electron chi connectivity index (χ4n) is 3.25. The largest absolute Gasteiger partial charge is 0.461 e. The van der Waals surface area contributed by atoms with Gasteiger partial charge in [0.25, 0.3) is 0 Å². The van der Waals surface area contributed by atoms with E-state index in [1.165, 1.54) is 64.2 Å². The van der Waals surface area contributed by atoms with E-state index in [0.717, 1.165) is 25.7 Å². The molecular weight excluding hydrogens is 366 g/mol. The van der Waals surface area contributed by atoms with Gasteiger partial charge in [-0.05, 0) is 46.5 Å². The molecule has 1 N–H and O–H groups in total. The average molecular weight is 414 g/mol. The highest BCUT2D eigenvalue weighted by Gasteiger charge is 2.18. The number of carbonyl (C=O) groups excluding carboxylic acids is 2. The van der Waals surface area contributed by atoms with Crippen LogP contribution in [0.15, 0.2) is 0 Å². The van der Waals surface area contributed by atoms with Gasteiger partial charge in [-0.1, -0.05) is 78.1 Å². The van der Waals surface area contributed by atoms with E-state index in [1.807, 2.05) is 0 Å². The van der Waals surface area contributed by atoms with Gasteiger partial charge in [-0.15, -0.1) is 0 Å². The van der Waals surface area contributed by atoms with Crippen LogP contribution in [0.25, 0.3) is 0 Å². The third kappa shape index (κ3) is 19.8. The molecule has 172 valence electrons. The summed E-state index contributed by atoms with van der Waals surface area (Å²) < 4.78 is 10.8. The number of ether oxygens (including phenoxy) is 2. The first-order valence-electron chi connectivity index (χ1n) is 11.9. The average Bonchev–Trinajstić information content (AvgIpc) is 2.64. The Morgan fingerprint density at radius 2 is 1.21 bits per heavy atom. The van der Waals surface area contributed by atoms with Crippen molar-refractivity contribution in [2.45, 2.75) is 136 Å². The number of alkyl carbamates (subject to hydrolysis) is 1. The molecule has 0 heterocycles. The first-order valence-corrected chi connectivity index (χ1v) is 11.9. The summed E-state index contributed by atoms with van der Waals surface area (Å²) in [5.74, 6) is -0.377. The standard InChI is InChI=1S/C24H47NO4/c1-6-8-10-12-14-16-18-21(19-17-15-13-11-9-7-2)28-22(26)20-25-23(27)29-24(3,4)5/h21H,6-20H2,1-5H3,(H,25,27). The minimum absolute atomic E-state index is 0.0414. The zero-order valence-electron chi connectivity index (χ0n) is 19.8. The van der Waals surface area contributed by atoms with Crippen LogP contribution >= 0.6 is 0 Å². The van der Waals surface area contributed by atoms with E-state index < -0.39 is 11.7 Å². The molecule has 0 fully saturated rings. The van der Waals surface area contributed by atoms with E-state index in [4.69, 9.17) is 9.47 Å². The highest BCUT2D eigenvalue weighted by Crippen LogP contribution is 2.17. The summed E-state index contributed by atoms with van der Waals surface area (Å²) in [5, 5.41) is 2.49. The van der Waals surface area contributed by atoms with Crippen LogP contribution in [0.1, 0.15) is 125 Å².